The fourth-order valence-corrected chi connectivity index (χ4v) is 4.43. The van der Waals surface area contributed by atoms with E-state index in [-0.39, 0.29) is 0 Å². The van der Waals surface area contributed by atoms with Crippen molar-refractivity contribution in [2.24, 2.45) is 0 Å². The van der Waals surface area contributed by atoms with Crippen molar-refractivity contribution in [3.63, 3.8) is 0 Å². The summed E-state index contributed by atoms with van der Waals surface area (Å²) in [4.78, 5) is 12.1. The Bertz CT molecular complexity index is 843. The molecular formula is C24H34N4O. The Kier molecular flexibility index (Phi) is 6.04. The molecule has 1 aromatic carbocycles. The van der Waals surface area contributed by atoms with Gasteiger partial charge in [0, 0.05) is 25.2 Å². The third-order valence-corrected chi connectivity index (χ3v) is 6.31. The van der Waals surface area contributed by atoms with Gasteiger partial charge in [-0.2, -0.15) is 4.98 Å². The highest BCUT2D eigenvalue weighted by Crippen LogP contribution is 2.29. The van der Waals surface area contributed by atoms with E-state index in [0.717, 1.165) is 42.5 Å². The Morgan fingerprint density at radius 3 is 2.55 bits per heavy atom. The van der Waals surface area contributed by atoms with E-state index in [0.29, 0.717) is 12.0 Å². The van der Waals surface area contributed by atoms with Gasteiger partial charge in [-0.05, 0) is 48.8 Å². The fraction of sp³-hybridized carbons (Fsp3) is 0.583. The Morgan fingerprint density at radius 2 is 1.83 bits per heavy atom. The number of aromatic nitrogens is 2. The molecule has 2 heterocycles. The summed E-state index contributed by atoms with van der Waals surface area (Å²) >= 11 is 0. The van der Waals surface area contributed by atoms with Crippen LogP contribution in [0.15, 0.2) is 24.3 Å². The number of aliphatic hydroxyl groups is 1. The number of anilines is 2. The molecule has 0 spiro atoms. The van der Waals surface area contributed by atoms with E-state index in [2.05, 4.69) is 42.3 Å². The summed E-state index contributed by atoms with van der Waals surface area (Å²) < 4.78 is 0. The predicted molar refractivity (Wildman–Crippen MR) is 118 cm³/mol. The molecule has 4 rings (SSSR count). The van der Waals surface area contributed by atoms with Crippen LogP contribution < -0.4 is 10.2 Å². The average molecular weight is 395 g/mol. The Hall–Kier alpha value is -2.14. The fourth-order valence-electron chi connectivity index (χ4n) is 4.43. The number of aliphatic hydroxyl groups excluding tert-OH is 1. The van der Waals surface area contributed by atoms with Crippen molar-refractivity contribution in [1.82, 2.24) is 9.97 Å². The molecule has 0 radical (unpaired) electrons. The third-order valence-electron chi connectivity index (χ3n) is 6.31. The van der Waals surface area contributed by atoms with Gasteiger partial charge in [-0.25, -0.2) is 4.98 Å². The zero-order chi connectivity index (χ0) is 20.4. The Morgan fingerprint density at radius 1 is 1.03 bits per heavy atom. The van der Waals surface area contributed by atoms with Crippen LogP contribution in [-0.2, 0) is 13.0 Å². The van der Waals surface area contributed by atoms with Gasteiger partial charge in [-0.3, -0.25) is 0 Å². The van der Waals surface area contributed by atoms with Crippen LogP contribution in [0.4, 0.5) is 11.8 Å². The van der Waals surface area contributed by atoms with Gasteiger partial charge in [-0.1, -0.05) is 51.3 Å². The van der Waals surface area contributed by atoms with Gasteiger partial charge < -0.3 is 15.3 Å². The minimum atomic E-state index is -0.415. The first-order valence-corrected chi connectivity index (χ1v) is 11.2. The van der Waals surface area contributed by atoms with Gasteiger partial charge in [-0.15, -0.1) is 0 Å². The maximum Gasteiger partial charge on any atom is 0.225 e. The molecule has 2 aliphatic rings. The van der Waals surface area contributed by atoms with E-state index in [1.807, 2.05) is 13.0 Å². The molecule has 1 saturated carbocycles. The molecular weight excluding hydrogens is 360 g/mol. The summed E-state index contributed by atoms with van der Waals surface area (Å²) in [6.07, 6.45) is 6.93. The largest absolute Gasteiger partial charge is 0.389 e. The summed E-state index contributed by atoms with van der Waals surface area (Å²) in [5, 5.41) is 13.5. The van der Waals surface area contributed by atoms with E-state index in [4.69, 9.17) is 9.97 Å². The normalized spacial score (nSPS) is 18.6. The molecule has 1 fully saturated rings. The first-order chi connectivity index (χ1) is 14.0. The van der Waals surface area contributed by atoms with Gasteiger partial charge >= 0.3 is 0 Å². The minimum Gasteiger partial charge on any atom is -0.389 e. The van der Waals surface area contributed by atoms with Crippen molar-refractivity contribution in [1.29, 1.82) is 0 Å². The maximum atomic E-state index is 9.87. The summed E-state index contributed by atoms with van der Waals surface area (Å²) in [6.45, 7) is 8.01. The number of rotatable bonds is 5. The van der Waals surface area contributed by atoms with Crippen molar-refractivity contribution in [3.8, 4) is 0 Å². The number of nitrogens with one attached hydrogen (secondary N) is 1. The number of hydrogen-bond donors (Lipinski definition) is 2. The standard InChI is InChI=1S/C24H34N4O/c1-16(2)22-14-23(27-24(26-22)25-21-7-5-4-6-8-21)28-12-11-19-13-18(17(3)29)9-10-20(19)15-28/h9-10,13-14,16-17,21,29H,4-8,11-12,15H2,1-3H3,(H,25,26,27)/t17-/m0/s1. The van der Waals surface area contributed by atoms with Gasteiger partial charge in [0.25, 0.3) is 0 Å². The number of benzene rings is 1. The lowest BCUT2D eigenvalue weighted by Crippen LogP contribution is -2.32. The molecule has 1 aliphatic heterocycles. The Balaban J connectivity index is 1.57. The number of nitrogens with zero attached hydrogens (tertiary/aromatic N) is 3. The quantitative estimate of drug-likeness (QED) is 0.750. The highest BCUT2D eigenvalue weighted by Gasteiger charge is 2.21. The van der Waals surface area contributed by atoms with Crippen LogP contribution in [-0.4, -0.2) is 27.7 Å². The SMILES string of the molecule is CC(C)c1cc(N2CCc3cc([C@H](C)O)ccc3C2)nc(NC2CCCCC2)n1. The van der Waals surface area contributed by atoms with Gasteiger partial charge in [0.05, 0.1) is 11.8 Å². The van der Waals surface area contributed by atoms with Crippen molar-refractivity contribution >= 4 is 11.8 Å². The summed E-state index contributed by atoms with van der Waals surface area (Å²) in [6, 6.07) is 9.02. The van der Waals surface area contributed by atoms with Gasteiger partial charge in [0.2, 0.25) is 5.95 Å². The van der Waals surface area contributed by atoms with E-state index in [1.54, 1.807) is 0 Å². The summed E-state index contributed by atoms with van der Waals surface area (Å²) in [7, 11) is 0. The second-order valence-corrected chi connectivity index (χ2v) is 8.98. The molecule has 156 valence electrons. The molecule has 2 aromatic rings. The summed E-state index contributed by atoms with van der Waals surface area (Å²) in [5.74, 6) is 2.18. The first-order valence-electron chi connectivity index (χ1n) is 11.2. The lowest BCUT2D eigenvalue weighted by molar-refractivity contribution is 0.199. The molecule has 0 bridgehead atoms. The van der Waals surface area contributed by atoms with Crippen molar-refractivity contribution in [2.45, 2.75) is 83.9 Å². The minimum absolute atomic E-state index is 0.370. The predicted octanol–water partition coefficient (Wildman–Crippen LogP) is 4.96. The molecule has 5 nitrogen and oxygen atoms in total. The highest BCUT2D eigenvalue weighted by atomic mass is 16.3. The average Bonchev–Trinajstić information content (AvgIpc) is 2.73. The van der Waals surface area contributed by atoms with Crippen LogP contribution in [0.25, 0.3) is 0 Å². The highest BCUT2D eigenvalue weighted by molar-refractivity contribution is 5.49. The first kappa shape index (κ1) is 20.1. The lowest BCUT2D eigenvalue weighted by Gasteiger charge is -2.31. The van der Waals surface area contributed by atoms with Crippen LogP contribution >= 0.6 is 0 Å². The monoisotopic (exact) mass is 394 g/mol. The molecule has 1 aromatic heterocycles. The zero-order valence-electron chi connectivity index (χ0n) is 18.0. The van der Waals surface area contributed by atoms with Crippen LogP contribution in [0.2, 0.25) is 0 Å². The number of hydrogen-bond acceptors (Lipinski definition) is 5. The Labute approximate surface area is 174 Å². The molecule has 29 heavy (non-hydrogen) atoms. The van der Waals surface area contributed by atoms with Crippen LogP contribution in [0.5, 0.6) is 0 Å². The van der Waals surface area contributed by atoms with E-state index in [9.17, 15) is 5.11 Å². The molecule has 1 atom stereocenters. The topological polar surface area (TPSA) is 61.3 Å². The van der Waals surface area contributed by atoms with E-state index >= 15 is 0 Å². The second kappa shape index (κ2) is 8.70. The van der Waals surface area contributed by atoms with E-state index < -0.39 is 6.10 Å². The smallest absolute Gasteiger partial charge is 0.225 e. The molecule has 0 unspecified atom stereocenters. The molecule has 0 amide bonds. The molecule has 5 heteroatoms. The third kappa shape index (κ3) is 4.72. The molecule has 0 saturated heterocycles. The van der Waals surface area contributed by atoms with Crippen molar-refractivity contribution in [3.05, 3.63) is 46.6 Å². The van der Waals surface area contributed by atoms with Crippen LogP contribution in [0.3, 0.4) is 0 Å². The second-order valence-electron chi connectivity index (χ2n) is 8.98. The van der Waals surface area contributed by atoms with Crippen LogP contribution in [0.1, 0.15) is 87.3 Å². The van der Waals surface area contributed by atoms with E-state index in [1.165, 1.54) is 43.2 Å². The maximum absolute atomic E-state index is 9.87. The molecule has 2 N–H and O–H groups in total. The lowest BCUT2D eigenvalue weighted by atomic mass is 9.95. The van der Waals surface area contributed by atoms with Gasteiger partial charge in [0.15, 0.2) is 0 Å². The zero-order valence-corrected chi connectivity index (χ0v) is 18.0. The van der Waals surface area contributed by atoms with Crippen LogP contribution in [0, 0.1) is 0 Å². The van der Waals surface area contributed by atoms with Crippen molar-refractivity contribution in [2.75, 3.05) is 16.8 Å². The van der Waals surface area contributed by atoms with Crippen molar-refractivity contribution < 1.29 is 5.11 Å². The molecule has 1 aliphatic carbocycles. The number of fused-ring (bicyclic) bond motifs is 1. The summed E-state index contributed by atoms with van der Waals surface area (Å²) in [5.41, 5.74) is 4.77. The van der Waals surface area contributed by atoms with Gasteiger partial charge in [0.1, 0.15) is 5.82 Å².